The van der Waals surface area contributed by atoms with Crippen LogP contribution in [-0.4, -0.2) is 40.4 Å². The van der Waals surface area contributed by atoms with E-state index in [2.05, 4.69) is 11.1 Å². The first-order valence-corrected chi connectivity index (χ1v) is 11.1. The lowest BCUT2D eigenvalue weighted by Gasteiger charge is -2.39. The molecule has 0 bridgehead atoms. The van der Waals surface area contributed by atoms with Gasteiger partial charge in [-0.3, -0.25) is 9.79 Å². The van der Waals surface area contributed by atoms with Crippen LogP contribution in [-0.2, 0) is 5.60 Å². The van der Waals surface area contributed by atoms with Crippen LogP contribution in [0.2, 0.25) is 0 Å². The van der Waals surface area contributed by atoms with Crippen LogP contribution >= 0.6 is 0 Å². The summed E-state index contributed by atoms with van der Waals surface area (Å²) in [6.45, 7) is 0.728. The van der Waals surface area contributed by atoms with Gasteiger partial charge in [0, 0.05) is 30.1 Å². The summed E-state index contributed by atoms with van der Waals surface area (Å²) in [7, 11) is 0. The second-order valence-electron chi connectivity index (χ2n) is 9.23. The van der Waals surface area contributed by atoms with E-state index < -0.39 is 11.8 Å². The molecular weight excluding hydrogens is 405 g/mol. The van der Waals surface area contributed by atoms with Gasteiger partial charge in [0.05, 0.1) is 0 Å². The standard InChI is InChI=1S/C24H29F3N2O2/c1-23(31,24(25,26)27)19-6-2-18(3-7-19)22(30)29(21-10-11-21)20-8-4-16(5-9-20)17-12-14-28-15-13-17/h2-3,6-7,12,14-17,20-21,31H,4-5,8-11,13H2,1H3/t16?,17-,20?,23+/m1/s1. The molecule has 3 aliphatic rings. The lowest BCUT2D eigenvalue weighted by atomic mass is 9.76. The van der Waals surface area contributed by atoms with E-state index in [1.54, 1.807) is 0 Å². The summed E-state index contributed by atoms with van der Waals surface area (Å²) in [5, 5.41) is 9.86. The van der Waals surface area contributed by atoms with Crippen LogP contribution in [0.3, 0.4) is 0 Å². The zero-order valence-electron chi connectivity index (χ0n) is 17.7. The quantitative estimate of drug-likeness (QED) is 0.690. The van der Waals surface area contributed by atoms with Gasteiger partial charge in [0.2, 0.25) is 0 Å². The van der Waals surface area contributed by atoms with Crippen molar-refractivity contribution in [2.24, 2.45) is 16.8 Å². The number of carbonyl (C=O) groups excluding carboxylic acids is 1. The van der Waals surface area contributed by atoms with Crippen molar-refractivity contribution in [2.45, 2.75) is 75.7 Å². The number of halogens is 3. The normalized spacial score (nSPS) is 28.2. The third-order valence-corrected chi connectivity index (χ3v) is 7.06. The Morgan fingerprint density at radius 1 is 1.03 bits per heavy atom. The maximum Gasteiger partial charge on any atom is 0.421 e. The fraction of sp³-hybridized carbons (Fsp3) is 0.583. The Labute approximate surface area is 180 Å². The van der Waals surface area contributed by atoms with E-state index in [1.165, 1.54) is 24.3 Å². The molecule has 1 aliphatic heterocycles. The van der Waals surface area contributed by atoms with Crippen molar-refractivity contribution in [1.29, 1.82) is 0 Å². The predicted molar refractivity (Wildman–Crippen MR) is 113 cm³/mol. The molecule has 0 saturated heterocycles. The minimum atomic E-state index is -4.78. The third kappa shape index (κ3) is 4.56. The number of aliphatic hydroxyl groups is 1. The SMILES string of the molecule is C[C@](O)(c1ccc(C(=O)N(C2CCC([C@@H]3C=CN=CC3)CC2)C2CC2)cc1)C(F)(F)F. The highest BCUT2D eigenvalue weighted by Crippen LogP contribution is 2.41. The molecular formula is C24H29F3N2O2. The fourth-order valence-electron chi connectivity index (χ4n) is 4.87. The summed E-state index contributed by atoms with van der Waals surface area (Å²) in [5.74, 6) is 1.02. The smallest absolute Gasteiger partial charge is 0.376 e. The molecule has 2 atom stereocenters. The van der Waals surface area contributed by atoms with Crippen LogP contribution in [0.5, 0.6) is 0 Å². The summed E-state index contributed by atoms with van der Waals surface area (Å²) >= 11 is 0. The van der Waals surface area contributed by atoms with Crippen LogP contribution in [0.4, 0.5) is 13.2 Å². The molecule has 31 heavy (non-hydrogen) atoms. The maximum absolute atomic E-state index is 13.3. The van der Waals surface area contributed by atoms with E-state index in [0.717, 1.165) is 51.9 Å². The Bertz CT molecular complexity index is 849. The number of amides is 1. The molecule has 168 valence electrons. The van der Waals surface area contributed by atoms with Gasteiger partial charge in [0.25, 0.3) is 5.91 Å². The molecule has 0 unspecified atom stereocenters. The van der Waals surface area contributed by atoms with Crippen molar-refractivity contribution in [3.05, 3.63) is 47.7 Å². The molecule has 0 spiro atoms. The summed E-state index contributed by atoms with van der Waals surface area (Å²) in [5.41, 5.74) is -2.83. The number of rotatable bonds is 5. The molecule has 1 aromatic rings. The molecule has 1 heterocycles. The zero-order valence-corrected chi connectivity index (χ0v) is 17.7. The van der Waals surface area contributed by atoms with Crippen molar-refractivity contribution >= 4 is 12.1 Å². The van der Waals surface area contributed by atoms with Gasteiger partial charge in [0.15, 0.2) is 5.60 Å². The Morgan fingerprint density at radius 3 is 2.10 bits per heavy atom. The number of allylic oxidation sites excluding steroid dienone is 1. The molecule has 2 aliphatic carbocycles. The van der Waals surface area contributed by atoms with Gasteiger partial charge in [-0.25, -0.2) is 0 Å². The van der Waals surface area contributed by atoms with Crippen LogP contribution < -0.4 is 0 Å². The Morgan fingerprint density at radius 2 is 1.61 bits per heavy atom. The first-order valence-electron chi connectivity index (χ1n) is 11.1. The minimum Gasteiger partial charge on any atom is -0.376 e. The van der Waals surface area contributed by atoms with Crippen molar-refractivity contribution in [1.82, 2.24) is 4.90 Å². The Hall–Kier alpha value is -2.15. The molecule has 0 radical (unpaired) electrons. The highest BCUT2D eigenvalue weighted by Gasteiger charge is 2.51. The predicted octanol–water partition coefficient (Wildman–Crippen LogP) is 5.22. The van der Waals surface area contributed by atoms with Crippen molar-refractivity contribution in [2.75, 3.05) is 0 Å². The summed E-state index contributed by atoms with van der Waals surface area (Å²) in [4.78, 5) is 19.4. The number of hydrogen-bond acceptors (Lipinski definition) is 3. The average Bonchev–Trinajstić information content (AvgIpc) is 3.59. The lowest BCUT2D eigenvalue weighted by Crippen LogP contribution is -2.44. The fourth-order valence-corrected chi connectivity index (χ4v) is 4.87. The summed E-state index contributed by atoms with van der Waals surface area (Å²) in [6, 6.07) is 5.64. The van der Waals surface area contributed by atoms with Gasteiger partial charge < -0.3 is 10.0 Å². The van der Waals surface area contributed by atoms with E-state index in [9.17, 15) is 23.1 Å². The van der Waals surface area contributed by atoms with Gasteiger partial charge in [-0.1, -0.05) is 18.2 Å². The summed E-state index contributed by atoms with van der Waals surface area (Å²) in [6.07, 6.45) is 8.23. The molecule has 2 fully saturated rings. The molecule has 1 N–H and O–H groups in total. The minimum absolute atomic E-state index is 0.117. The van der Waals surface area contributed by atoms with Crippen LogP contribution in [0.25, 0.3) is 0 Å². The van der Waals surface area contributed by atoms with Gasteiger partial charge in [-0.2, -0.15) is 13.2 Å². The van der Waals surface area contributed by atoms with Crippen molar-refractivity contribution in [3.8, 4) is 0 Å². The molecule has 4 rings (SSSR count). The molecule has 4 nitrogen and oxygen atoms in total. The highest BCUT2D eigenvalue weighted by molar-refractivity contribution is 5.95. The van der Waals surface area contributed by atoms with Crippen molar-refractivity contribution in [3.63, 3.8) is 0 Å². The number of hydrogen-bond donors (Lipinski definition) is 1. The highest BCUT2D eigenvalue weighted by atomic mass is 19.4. The zero-order chi connectivity index (χ0) is 22.2. The third-order valence-electron chi connectivity index (χ3n) is 7.06. The monoisotopic (exact) mass is 434 g/mol. The first kappa shape index (κ1) is 22.1. The van der Waals surface area contributed by atoms with Crippen LogP contribution in [0.15, 0.2) is 41.5 Å². The largest absolute Gasteiger partial charge is 0.421 e. The summed E-state index contributed by atoms with van der Waals surface area (Å²) < 4.78 is 39.3. The number of nitrogens with zero attached hydrogens (tertiary/aromatic N) is 2. The lowest BCUT2D eigenvalue weighted by molar-refractivity contribution is -0.258. The molecule has 2 saturated carbocycles. The van der Waals surface area contributed by atoms with Crippen molar-refractivity contribution < 1.29 is 23.1 Å². The van der Waals surface area contributed by atoms with Gasteiger partial charge in [0.1, 0.15) is 0 Å². The van der Waals surface area contributed by atoms with Crippen LogP contribution in [0.1, 0.15) is 67.8 Å². The number of aliphatic imine (C=N–C) groups is 1. The van der Waals surface area contributed by atoms with Gasteiger partial charge >= 0.3 is 6.18 Å². The molecule has 7 heteroatoms. The van der Waals surface area contributed by atoms with E-state index in [-0.39, 0.29) is 23.6 Å². The van der Waals surface area contributed by atoms with E-state index >= 15 is 0 Å². The maximum atomic E-state index is 13.3. The Balaban J connectivity index is 1.44. The second-order valence-corrected chi connectivity index (χ2v) is 9.23. The molecule has 1 amide bonds. The van der Waals surface area contributed by atoms with E-state index in [0.29, 0.717) is 17.4 Å². The molecule has 0 aromatic heterocycles. The van der Waals surface area contributed by atoms with E-state index in [4.69, 9.17) is 0 Å². The first-order chi connectivity index (χ1) is 14.7. The number of alkyl halides is 3. The van der Waals surface area contributed by atoms with Gasteiger partial charge in [-0.15, -0.1) is 0 Å². The topological polar surface area (TPSA) is 52.9 Å². The average molecular weight is 435 g/mol. The number of benzene rings is 1. The van der Waals surface area contributed by atoms with Gasteiger partial charge in [-0.05, 0) is 81.4 Å². The van der Waals surface area contributed by atoms with Crippen LogP contribution in [0, 0.1) is 11.8 Å². The number of carbonyl (C=O) groups is 1. The molecule has 1 aromatic carbocycles. The van der Waals surface area contributed by atoms with E-state index in [1.807, 2.05) is 17.3 Å². The second kappa shape index (κ2) is 8.41. The Kier molecular flexibility index (Phi) is 5.99.